The van der Waals surface area contributed by atoms with Crippen molar-refractivity contribution in [2.75, 3.05) is 6.54 Å². The van der Waals surface area contributed by atoms with E-state index < -0.39 is 0 Å². The minimum Gasteiger partial charge on any atom is -0.310 e. The van der Waals surface area contributed by atoms with E-state index in [0.717, 1.165) is 6.54 Å². The summed E-state index contributed by atoms with van der Waals surface area (Å²) in [4.78, 5) is 0. The summed E-state index contributed by atoms with van der Waals surface area (Å²) in [6.45, 7) is 9.07. The normalized spacial score (nSPS) is 13.9. The van der Waals surface area contributed by atoms with E-state index in [1.54, 1.807) is 12.1 Å². The lowest BCUT2D eigenvalue weighted by Crippen LogP contribution is -2.32. The van der Waals surface area contributed by atoms with Crippen LogP contribution in [0.5, 0.6) is 0 Å². The fourth-order valence-electron chi connectivity index (χ4n) is 1.82. The van der Waals surface area contributed by atoms with Gasteiger partial charge in [0.1, 0.15) is 5.82 Å². The molecular weight excluding hydrogens is 225 g/mol. The quantitative estimate of drug-likeness (QED) is 0.840. The van der Waals surface area contributed by atoms with Gasteiger partial charge in [0, 0.05) is 16.6 Å². The fourth-order valence-corrected chi connectivity index (χ4v) is 2.00. The van der Waals surface area contributed by atoms with E-state index >= 15 is 0 Å². The highest BCUT2D eigenvalue weighted by Gasteiger charge is 2.27. The molecule has 0 saturated heterocycles. The Hall–Kier alpha value is -0.600. The van der Waals surface area contributed by atoms with Gasteiger partial charge in [-0.05, 0) is 30.2 Å². The summed E-state index contributed by atoms with van der Waals surface area (Å²) in [6, 6.07) is 4.67. The Morgan fingerprint density at radius 1 is 1.38 bits per heavy atom. The van der Waals surface area contributed by atoms with Crippen LogP contribution in [0.1, 0.15) is 39.3 Å². The van der Waals surface area contributed by atoms with Crippen LogP contribution in [0.4, 0.5) is 4.39 Å². The third kappa shape index (κ3) is 3.19. The van der Waals surface area contributed by atoms with Crippen molar-refractivity contribution in [1.29, 1.82) is 0 Å². The molecule has 0 aromatic heterocycles. The van der Waals surface area contributed by atoms with Crippen LogP contribution < -0.4 is 5.32 Å². The standard InChI is InChI=1S/C13H19ClFN/c1-5-16-12(13(2,3)4)10-8-9(14)6-7-11(10)15/h6-8,12,16H,5H2,1-4H3. The molecule has 0 spiro atoms. The molecule has 16 heavy (non-hydrogen) atoms. The average Bonchev–Trinajstić information content (AvgIpc) is 2.17. The van der Waals surface area contributed by atoms with Crippen molar-refractivity contribution in [1.82, 2.24) is 5.32 Å². The summed E-state index contributed by atoms with van der Waals surface area (Å²) in [7, 11) is 0. The van der Waals surface area contributed by atoms with E-state index in [0.29, 0.717) is 10.6 Å². The lowest BCUT2D eigenvalue weighted by molar-refractivity contribution is 0.270. The zero-order valence-electron chi connectivity index (χ0n) is 10.3. The Balaban J connectivity index is 3.15. The van der Waals surface area contributed by atoms with Crippen LogP contribution in [0.3, 0.4) is 0 Å². The summed E-state index contributed by atoms with van der Waals surface area (Å²) in [5, 5.41) is 3.88. The zero-order chi connectivity index (χ0) is 12.3. The van der Waals surface area contributed by atoms with Gasteiger partial charge in [-0.15, -0.1) is 0 Å². The highest BCUT2D eigenvalue weighted by Crippen LogP contribution is 2.35. The van der Waals surface area contributed by atoms with Gasteiger partial charge in [-0.25, -0.2) is 4.39 Å². The van der Waals surface area contributed by atoms with E-state index in [-0.39, 0.29) is 17.3 Å². The van der Waals surface area contributed by atoms with Crippen molar-refractivity contribution in [3.05, 3.63) is 34.6 Å². The lowest BCUT2D eigenvalue weighted by atomic mass is 9.82. The topological polar surface area (TPSA) is 12.0 Å². The predicted molar refractivity (Wildman–Crippen MR) is 67.3 cm³/mol. The van der Waals surface area contributed by atoms with Crippen LogP contribution in [0.25, 0.3) is 0 Å². The molecule has 1 aromatic carbocycles. The molecule has 1 atom stereocenters. The molecule has 0 aliphatic heterocycles. The molecule has 90 valence electrons. The number of rotatable bonds is 3. The number of halogens is 2. The second-order valence-electron chi connectivity index (χ2n) is 5.02. The first-order valence-electron chi connectivity index (χ1n) is 5.54. The van der Waals surface area contributed by atoms with E-state index in [2.05, 4.69) is 26.1 Å². The molecule has 1 N–H and O–H groups in total. The Bertz CT molecular complexity index is 357. The van der Waals surface area contributed by atoms with E-state index in [1.807, 2.05) is 6.92 Å². The van der Waals surface area contributed by atoms with Crippen molar-refractivity contribution in [2.45, 2.75) is 33.7 Å². The predicted octanol–water partition coefficient (Wildman–Crippen LogP) is 4.18. The zero-order valence-corrected chi connectivity index (χ0v) is 11.0. The highest BCUT2D eigenvalue weighted by atomic mass is 35.5. The van der Waals surface area contributed by atoms with Crippen LogP contribution in [0.2, 0.25) is 5.02 Å². The highest BCUT2D eigenvalue weighted by molar-refractivity contribution is 6.30. The lowest BCUT2D eigenvalue weighted by Gasteiger charge is -2.32. The summed E-state index contributed by atoms with van der Waals surface area (Å²) in [5.41, 5.74) is 0.587. The third-order valence-corrected chi connectivity index (χ3v) is 2.78. The van der Waals surface area contributed by atoms with Crippen molar-refractivity contribution in [3.63, 3.8) is 0 Å². The minimum atomic E-state index is -0.203. The van der Waals surface area contributed by atoms with Crippen molar-refractivity contribution in [3.8, 4) is 0 Å². The van der Waals surface area contributed by atoms with Crippen LogP contribution >= 0.6 is 11.6 Å². The first kappa shape index (κ1) is 13.5. The molecule has 3 heteroatoms. The van der Waals surface area contributed by atoms with Gasteiger partial charge in [0.2, 0.25) is 0 Å². The molecule has 0 bridgehead atoms. The van der Waals surface area contributed by atoms with Gasteiger partial charge >= 0.3 is 0 Å². The average molecular weight is 244 g/mol. The smallest absolute Gasteiger partial charge is 0.128 e. The molecule has 1 unspecified atom stereocenters. The number of hydrogen-bond donors (Lipinski definition) is 1. The van der Waals surface area contributed by atoms with Gasteiger partial charge in [0.15, 0.2) is 0 Å². The molecule has 1 aromatic rings. The molecule has 0 amide bonds. The maximum atomic E-state index is 13.8. The van der Waals surface area contributed by atoms with Crippen molar-refractivity contribution < 1.29 is 4.39 Å². The van der Waals surface area contributed by atoms with Gasteiger partial charge in [-0.2, -0.15) is 0 Å². The molecule has 1 rings (SSSR count). The second kappa shape index (κ2) is 5.15. The van der Waals surface area contributed by atoms with Gasteiger partial charge < -0.3 is 5.32 Å². The maximum Gasteiger partial charge on any atom is 0.128 e. The summed E-state index contributed by atoms with van der Waals surface area (Å²) in [6.07, 6.45) is 0. The molecule has 0 fully saturated rings. The molecule has 0 heterocycles. The molecule has 0 aliphatic carbocycles. The molecular formula is C13H19ClFN. The molecule has 0 saturated carbocycles. The molecule has 1 nitrogen and oxygen atoms in total. The largest absolute Gasteiger partial charge is 0.310 e. The second-order valence-corrected chi connectivity index (χ2v) is 5.46. The fraction of sp³-hybridized carbons (Fsp3) is 0.538. The number of benzene rings is 1. The Morgan fingerprint density at radius 2 is 2.00 bits per heavy atom. The molecule has 0 radical (unpaired) electrons. The number of nitrogens with one attached hydrogen (secondary N) is 1. The monoisotopic (exact) mass is 243 g/mol. The third-order valence-electron chi connectivity index (χ3n) is 2.54. The van der Waals surface area contributed by atoms with E-state index in [4.69, 9.17) is 11.6 Å². The summed E-state index contributed by atoms with van der Waals surface area (Å²) in [5.74, 6) is -0.203. The maximum absolute atomic E-state index is 13.8. The van der Waals surface area contributed by atoms with Gasteiger partial charge in [-0.3, -0.25) is 0 Å². The minimum absolute atomic E-state index is 0.0313. The van der Waals surface area contributed by atoms with Crippen LogP contribution in [-0.2, 0) is 0 Å². The summed E-state index contributed by atoms with van der Waals surface area (Å²) >= 11 is 5.92. The molecule has 0 aliphatic rings. The Kier molecular flexibility index (Phi) is 4.34. The van der Waals surface area contributed by atoms with Crippen molar-refractivity contribution in [2.24, 2.45) is 5.41 Å². The first-order valence-corrected chi connectivity index (χ1v) is 5.92. The number of hydrogen-bond acceptors (Lipinski definition) is 1. The van der Waals surface area contributed by atoms with Gasteiger partial charge in [0.05, 0.1) is 0 Å². The van der Waals surface area contributed by atoms with Crippen LogP contribution in [-0.4, -0.2) is 6.54 Å². The SMILES string of the molecule is CCNC(c1cc(Cl)ccc1F)C(C)(C)C. The van der Waals surface area contributed by atoms with Gasteiger partial charge in [-0.1, -0.05) is 39.3 Å². The van der Waals surface area contributed by atoms with E-state index in [9.17, 15) is 4.39 Å². The summed E-state index contributed by atoms with van der Waals surface area (Å²) < 4.78 is 13.8. The van der Waals surface area contributed by atoms with Gasteiger partial charge in [0.25, 0.3) is 0 Å². The Labute approximate surface area is 102 Å². The Morgan fingerprint density at radius 3 is 2.50 bits per heavy atom. The first-order chi connectivity index (χ1) is 7.36. The van der Waals surface area contributed by atoms with Crippen molar-refractivity contribution >= 4 is 11.6 Å². The van der Waals surface area contributed by atoms with Crippen LogP contribution in [0.15, 0.2) is 18.2 Å². The van der Waals surface area contributed by atoms with Crippen LogP contribution in [0, 0.1) is 11.2 Å². The van der Waals surface area contributed by atoms with E-state index in [1.165, 1.54) is 6.07 Å².